The van der Waals surface area contributed by atoms with Gasteiger partial charge in [-0.2, -0.15) is 0 Å². The number of ether oxygens (including phenoxy) is 1. The maximum Gasteiger partial charge on any atom is 0.339 e. The first-order chi connectivity index (χ1) is 9.94. The maximum absolute atomic E-state index is 13.2. The summed E-state index contributed by atoms with van der Waals surface area (Å²) in [5, 5.41) is 3.16. The fourth-order valence-corrected chi connectivity index (χ4v) is 3.48. The van der Waals surface area contributed by atoms with Gasteiger partial charge in [0.1, 0.15) is 5.82 Å². The summed E-state index contributed by atoms with van der Waals surface area (Å²) in [5.74, 6) is -1.60. The van der Waals surface area contributed by atoms with Crippen molar-refractivity contribution in [3.8, 4) is 0 Å². The Balaban J connectivity index is 2.24. The molecule has 1 saturated heterocycles. The second-order valence-electron chi connectivity index (χ2n) is 4.78. The van der Waals surface area contributed by atoms with E-state index in [1.54, 1.807) is 0 Å². The predicted octanol–water partition coefficient (Wildman–Crippen LogP) is 0.643. The van der Waals surface area contributed by atoms with Crippen molar-refractivity contribution in [1.29, 1.82) is 0 Å². The summed E-state index contributed by atoms with van der Waals surface area (Å²) in [6, 6.07) is 2.98. The molecule has 21 heavy (non-hydrogen) atoms. The van der Waals surface area contributed by atoms with Crippen molar-refractivity contribution in [2.24, 2.45) is 0 Å². The lowest BCUT2D eigenvalue weighted by atomic mass is 10.2. The van der Waals surface area contributed by atoms with E-state index >= 15 is 0 Å². The topological polar surface area (TPSA) is 84.5 Å². The van der Waals surface area contributed by atoms with Gasteiger partial charge >= 0.3 is 5.97 Å². The van der Waals surface area contributed by atoms with Gasteiger partial charge in [-0.15, -0.1) is 0 Å². The van der Waals surface area contributed by atoms with Crippen LogP contribution in [0.2, 0.25) is 0 Å². The summed E-state index contributed by atoms with van der Waals surface area (Å²) >= 11 is 0. The molecule has 0 saturated carbocycles. The van der Waals surface area contributed by atoms with Crippen LogP contribution in [0, 0.1) is 5.82 Å². The van der Waals surface area contributed by atoms with E-state index in [1.807, 2.05) is 0 Å². The van der Waals surface area contributed by atoms with Gasteiger partial charge in [0, 0.05) is 12.6 Å². The Bertz CT molecular complexity index is 627. The molecule has 0 spiro atoms. The quantitative estimate of drug-likeness (QED) is 0.779. The number of hydrogen-bond acceptors (Lipinski definition) is 5. The van der Waals surface area contributed by atoms with Crippen molar-refractivity contribution in [2.75, 3.05) is 20.2 Å². The van der Waals surface area contributed by atoms with Crippen LogP contribution < -0.4 is 10.0 Å². The number of sulfonamides is 1. The number of halogens is 1. The van der Waals surface area contributed by atoms with E-state index in [4.69, 9.17) is 0 Å². The van der Waals surface area contributed by atoms with Gasteiger partial charge in [-0.25, -0.2) is 22.3 Å². The second kappa shape index (κ2) is 6.50. The van der Waals surface area contributed by atoms with E-state index in [0.29, 0.717) is 0 Å². The maximum atomic E-state index is 13.2. The van der Waals surface area contributed by atoms with Gasteiger partial charge < -0.3 is 10.1 Å². The Morgan fingerprint density at radius 3 is 2.90 bits per heavy atom. The van der Waals surface area contributed by atoms with Crippen molar-refractivity contribution in [1.82, 2.24) is 10.0 Å². The Morgan fingerprint density at radius 1 is 1.52 bits per heavy atom. The zero-order chi connectivity index (χ0) is 15.5. The summed E-state index contributed by atoms with van der Waals surface area (Å²) in [6.45, 7) is 1.08. The van der Waals surface area contributed by atoms with Crippen LogP contribution in [0.3, 0.4) is 0 Å². The van der Waals surface area contributed by atoms with Crippen molar-refractivity contribution in [3.63, 3.8) is 0 Å². The van der Waals surface area contributed by atoms with Crippen molar-refractivity contribution in [2.45, 2.75) is 23.8 Å². The number of carbonyl (C=O) groups is 1. The van der Waals surface area contributed by atoms with Crippen LogP contribution in [0.5, 0.6) is 0 Å². The lowest BCUT2D eigenvalue weighted by Crippen LogP contribution is -2.37. The molecule has 2 rings (SSSR count). The van der Waals surface area contributed by atoms with Gasteiger partial charge in [0.05, 0.1) is 17.6 Å². The van der Waals surface area contributed by atoms with Gasteiger partial charge in [0.25, 0.3) is 0 Å². The van der Waals surface area contributed by atoms with E-state index < -0.39 is 21.8 Å². The predicted molar refractivity (Wildman–Crippen MR) is 74.0 cm³/mol. The zero-order valence-electron chi connectivity index (χ0n) is 11.6. The van der Waals surface area contributed by atoms with Crippen LogP contribution in [0.15, 0.2) is 23.1 Å². The molecule has 1 aromatic carbocycles. The zero-order valence-corrected chi connectivity index (χ0v) is 12.4. The number of nitrogens with one attached hydrogen (secondary N) is 2. The average Bonchev–Trinajstić information content (AvgIpc) is 2.97. The molecule has 1 aliphatic heterocycles. The summed E-state index contributed by atoms with van der Waals surface area (Å²) in [4.78, 5) is 11.3. The van der Waals surface area contributed by atoms with Crippen LogP contribution >= 0.6 is 0 Å². The minimum absolute atomic E-state index is 0.0711. The van der Waals surface area contributed by atoms with E-state index in [2.05, 4.69) is 14.8 Å². The molecule has 116 valence electrons. The Morgan fingerprint density at radius 2 is 2.29 bits per heavy atom. The monoisotopic (exact) mass is 316 g/mol. The molecule has 1 fully saturated rings. The van der Waals surface area contributed by atoms with Gasteiger partial charge in [-0.3, -0.25) is 0 Å². The molecular weight excluding hydrogens is 299 g/mol. The van der Waals surface area contributed by atoms with Crippen molar-refractivity contribution in [3.05, 3.63) is 29.6 Å². The molecule has 0 bridgehead atoms. The third-order valence-electron chi connectivity index (χ3n) is 3.32. The van der Waals surface area contributed by atoms with Crippen LogP contribution in [0.25, 0.3) is 0 Å². The molecule has 1 aliphatic rings. The Hall–Kier alpha value is -1.51. The van der Waals surface area contributed by atoms with E-state index in [9.17, 15) is 17.6 Å². The first-order valence-electron chi connectivity index (χ1n) is 6.55. The first kappa shape index (κ1) is 15.9. The fraction of sp³-hybridized carbons (Fsp3) is 0.462. The van der Waals surface area contributed by atoms with Crippen molar-refractivity contribution >= 4 is 16.0 Å². The molecule has 6 nitrogen and oxygen atoms in total. The molecule has 0 aromatic heterocycles. The lowest BCUT2D eigenvalue weighted by molar-refractivity contribution is 0.0595. The standard InChI is InChI=1S/C13H17FN2O4S/c1-20-13(17)11-7-9(14)4-5-12(11)21(18,19)16-8-10-3-2-6-15-10/h4-5,7,10,15-16H,2-3,6,8H2,1H3. The van der Waals surface area contributed by atoms with E-state index in [0.717, 1.165) is 44.7 Å². The van der Waals surface area contributed by atoms with E-state index in [-0.39, 0.29) is 23.0 Å². The van der Waals surface area contributed by atoms with Gasteiger partial charge in [0.2, 0.25) is 10.0 Å². The molecule has 0 amide bonds. The highest BCUT2D eigenvalue weighted by Crippen LogP contribution is 2.18. The molecule has 8 heteroatoms. The number of methoxy groups -OCH3 is 1. The number of hydrogen-bond donors (Lipinski definition) is 2. The Labute approximate surface area is 122 Å². The minimum Gasteiger partial charge on any atom is -0.465 e. The number of rotatable bonds is 5. The number of carbonyl (C=O) groups excluding carboxylic acids is 1. The molecule has 0 radical (unpaired) electrons. The van der Waals surface area contributed by atoms with Gasteiger partial charge in [0.15, 0.2) is 0 Å². The average molecular weight is 316 g/mol. The molecule has 1 unspecified atom stereocenters. The molecule has 1 heterocycles. The third kappa shape index (κ3) is 3.78. The highest BCUT2D eigenvalue weighted by atomic mass is 32.2. The summed E-state index contributed by atoms with van der Waals surface area (Å²) in [7, 11) is -2.80. The minimum atomic E-state index is -3.91. The van der Waals surface area contributed by atoms with Crippen LogP contribution in [0.4, 0.5) is 4.39 Å². The second-order valence-corrected chi connectivity index (χ2v) is 6.51. The molecule has 1 aromatic rings. The highest BCUT2D eigenvalue weighted by molar-refractivity contribution is 7.89. The van der Waals surface area contributed by atoms with Crippen LogP contribution in [0.1, 0.15) is 23.2 Å². The molecule has 2 N–H and O–H groups in total. The van der Waals surface area contributed by atoms with Crippen LogP contribution in [-0.2, 0) is 14.8 Å². The normalized spacial score (nSPS) is 18.7. The summed E-state index contributed by atoms with van der Waals surface area (Å²) < 4.78 is 44.7. The summed E-state index contributed by atoms with van der Waals surface area (Å²) in [6.07, 6.45) is 1.88. The van der Waals surface area contributed by atoms with Crippen molar-refractivity contribution < 1.29 is 22.3 Å². The SMILES string of the molecule is COC(=O)c1cc(F)ccc1S(=O)(=O)NCC1CCCN1. The first-order valence-corrected chi connectivity index (χ1v) is 8.03. The van der Waals surface area contributed by atoms with Gasteiger partial charge in [-0.05, 0) is 37.6 Å². The third-order valence-corrected chi connectivity index (χ3v) is 4.80. The molecule has 0 aliphatic carbocycles. The molecular formula is C13H17FN2O4S. The summed E-state index contributed by atoms with van der Waals surface area (Å²) in [5.41, 5.74) is -0.315. The number of benzene rings is 1. The largest absolute Gasteiger partial charge is 0.465 e. The van der Waals surface area contributed by atoms with Gasteiger partial charge in [-0.1, -0.05) is 0 Å². The molecule has 1 atom stereocenters. The van der Waals surface area contributed by atoms with E-state index in [1.165, 1.54) is 0 Å². The smallest absolute Gasteiger partial charge is 0.339 e. The van der Waals surface area contributed by atoms with Crippen LogP contribution in [-0.4, -0.2) is 40.6 Å². The fourth-order valence-electron chi connectivity index (χ4n) is 2.23. The Kier molecular flexibility index (Phi) is 4.92. The highest BCUT2D eigenvalue weighted by Gasteiger charge is 2.25. The lowest BCUT2D eigenvalue weighted by Gasteiger charge is -2.13. The number of esters is 1.